The number of rotatable bonds is 4. The number of aromatic nitrogens is 4. The highest BCUT2D eigenvalue weighted by atomic mass is 19.3. The Kier molecular flexibility index (Phi) is 4.74. The third kappa shape index (κ3) is 3.28. The van der Waals surface area contributed by atoms with Gasteiger partial charge in [0.15, 0.2) is 0 Å². The number of hydrogen-bond acceptors (Lipinski definition) is 5. The summed E-state index contributed by atoms with van der Waals surface area (Å²) in [6.07, 6.45) is -3.14. The Balaban J connectivity index is 1.82. The summed E-state index contributed by atoms with van der Waals surface area (Å²) < 4.78 is 29.0. The molecule has 10 heteroatoms. The van der Waals surface area contributed by atoms with E-state index in [0.717, 1.165) is 4.57 Å². The van der Waals surface area contributed by atoms with Crippen molar-refractivity contribution in [2.75, 3.05) is 5.32 Å². The van der Waals surface area contributed by atoms with Gasteiger partial charge in [0.1, 0.15) is 12.4 Å². The van der Waals surface area contributed by atoms with Gasteiger partial charge in [0, 0.05) is 29.2 Å². The van der Waals surface area contributed by atoms with Crippen molar-refractivity contribution in [1.29, 1.82) is 0 Å². The summed E-state index contributed by atoms with van der Waals surface area (Å²) in [7, 11) is 1.55. The Hall–Kier alpha value is -4.08. The van der Waals surface area contributed by atoms with Crippen molar-refractivity contribution in [3.63, 3.8) is 0 Å². The van der Waals surface area contributed by atoms with Crippen LogP contribution in [0.3, 0.4) is 0 Å². The van der Waals surface area contributed by atoms with E-state index in [1.54, 1.807) is 25.2 Å². The van der Waals surface area contributed by atoms with Gasteiger partial charge < -0.3 is 15.2 Å². The van der Waals surface area contributed by atoms with Crippen LogP contribution < -0.4 is 10.4 Å². The van der Waals surface area contributed by atoms with Crippen molar-refractivity contribution in [1.82, 2.24) is 19.3 Å². The maximum absolute atomic E-state index is 13.4. The molecule has 0 bridgehead atoms. The molecule has 2 heterocycles. The number of hydrogen-bond donors (Lipinski definition) is 1. The summed E-state index contributed by atoms with van der Waals surface area (Å²) in [5.74, 6) is -0.471. The molecular weight excluding hydrogens is 396 g/mol. The summed E-state index contributed by atoms with van der Waals surface area (Å²) in [6.45, 7) is 0. The molecule has 8 nitrogen and oxygen atoms in total. The van der Waals surface area contributed by atoms with Crippen LogP contribution in [0.5, 0.6) is 0 Å². The second-order valence-corrected chi connectivity index (χ2v) is 6.45. The number of nitrogens with one attached hydrogen (secondary N) is 1. The second kappa shape index (κ2) is 7.39. The molecule has 30 heavy (non-hydrogen) atoms. The number of benzene rings is 2. The van der Waals surface area contributed by atoms with Gasteiger partial charge >= 0.3 is 0 Å². The zero-order chi connectivity index (χ0) is 21.4. The van der Waals surface area contributed by atoms with Crippen LogP contribution in [0, 0.1) is 0 Å². The first-order chi connectivity index (χ1) is 14.4. The molecule has 0 aliphatic rings. The lowest BCUT2D eigenvalue weighted by Gasteiger charge is -2.14. The third-order valence-corrected chi connectivity index (χ3v) is 4.63. The van der Waals surface area contributed by atoms with Crippen LogP contribution in [0.15, 0.2) is 54.9 Å². The van der Waals surface area contributed by atoms with Gasteiger partial charge in [-0.15, -0.1) is 0 Å². The van der Waals surface area contributed by atoms with E-state index in [-0.39, 0.29) is 28.2 Å². The number of carboxylic acid groups (broad SMARTS) is 1. The Morgan fingerprint density at radius 3 is 2.57 bits per heavy atom. The quantitative estimate of drug-likeness (QED) is 0.557. The highest BCUT2D eigenvalue weighted by Crippen LogP contribution is 2.35. The van der Waals surface area contributed by atoms with Crippen LogP contribution >= 0.6 is 0 Å². The average Bonchev–Trinajstić information content (AvgIpc) is 3.31. The number of nitrogens with zero attached hydrogens (tertiary/aromatic N) is 4. The van der Waals surface area contributed by atoms with Crippen molar-refractivity contribution < 1.29 is 23.5 Å². The predicted molar refractivity (Wildman–Crippen MR) is 102 cm³/mol. The van der Waals surface area contributed by atoms with Gasteiger partial charge in [-0.3, -0.25) is 9.36 Å². The van der Waals surface area contributed by atoms with E-state index in [9.17, 15) is 23.5 Å². The highest BCUT2D eigenvalue weighted by molar-refractivity contribution is 6.04. The van der Waals surface area contributed by atoms with Crippen molar-refractivity contribution in [3.05, 3.63) is 66.2 Å². The molecule has 0 aliphatic heterocycles. The number of alkyl halides is 2. The number of carbonyl (C=O) groups excluding carboxylic acids is 2. The molecule has 0 aliphatic carbocycles. The minimum absolute atomic E-state index is 0.0534. The van der Waals surface area contributed by atoms with Crippen molar-refractivity contribution >= 4 is 28.6 Å². The molecule has 1 amide bonds. The molecule has 0 fully saturated rings. The summed E-state index contributed by atoms with van der Waals surface area (Å²) in [5.41, 5.74) is 0.323. The van der Waals surface area contributed by atoms with Crippen molar-refractivity contribution in [2.24, 2.45) is 7.05 Å². The Labute approximate surface area is 168 Å². The van der Waals surface area contributed by atoms with Gasteiger partial charge in [0.25, 0.3) is 12.3 Å². The van der Waals surface area contributed by atoms with E-state index in [2.05, 4.69) is 15.4 Å². The molecular formula is C20H14F2N5O3-. The summed E-state index contributed by atoms with van der Waals surface area (Å²) in [4.78, 5) is 28.1. The number of halogens is 2. The highest BCUT2D eigenvalue weighted by Gasteiger charge is 2.19. The topological polar surface area (TPSA) is 105 Å². The molecule has 4 rings (SSSR count). The maximum Gasteiger partial charge on any atom is 0.293 e. The van der Waals surface area contributed by atoms with E-state index in [1.165, 1.54) is 41.3 Å². The first-order valence-electron chi connectivity index (χ1n) is 8.76. The number of anilines is 1. The first kappa shape index (κ1) is 19.2. The first-order valence-corrected chi connectivity index (χ1v) is 8.76. The lowest BCUT2D eigenvalue weighted by Crippen LogP contribution is -2.29. The van der Waals surface area contributed by atoms with Crippen LogP contribution in [0.1, 0.15) is 22.6 Å². The molecule has 4 aromatic rings. The van der Waals surface area contributed by atoms with E-state index in [1.807, 2.05) is 0 Å². The number of amides is 1. The Bertz CT molecular complexity index is 1280. The van der Waals surface area contributed by atoms with Crippen LogP contribution in [-0.2, 0) is 7.05 Å². The zero-order valence-electron chi connectivity index (χ0n) is 15.5. The minimum atomic E-state index is -2.78. The zero-order valence-corrected chi connectivity index (χ0v) is 15.5. The summed E-state index contributed by atoms with van der Waals surface area (Å²) >= 11 is 0. The average molecular weight is 410 g/mol. The number of fused-ring (bicyclic) bond motifs is 1. The van der Waals surface area contributed by atoms with Crippen molar-refractivity contribution in [3.8, 4) is 11.3 Å². The third-order valence-electron chi connectivity index (χ3n) is 4.63. The number of carbonyl (C=O) groups is 2. The van der Waals surface area contributed by atoms with E-state index in [0.29, 0.717) is 11.1 Å². The molecule has 0 saturated carbocycles. The molecule has 0 spiro atoms. The molecule has 1 N–H and O–H groups in total. The summed E-state index contributed by atoms with van der Waals surface area (Å²) in [5, 5.41) is 18.8. The second-order valence-electron chi connectivity index (χ2n) is 6.45. The number of aryl methyl sites for hydroxylation is 1. The molecule has 0 atom stereocenters. The molecule has 0 radical (unpaired) electrons. The fourth-order valence-corrected chi connectivity index (χ4v) is 3.28. The van der Waals surface area contributed by atoms with Crippen LogP contribution in [-0.4, -0.2) is 31.3 Å². The van der Waals surface area contributed by atoms with Gasteiger partial charge in [-0.1, -0.05) is 30.3 Å². The maximum atomic E-state index is 13.4. The molecule has 2 aromatic heterocycles. The van der Waals surface area contributed by atoms with E-state index < -0.39 is 18.4 Å². The SMILES string of the molecule is Cn1ncnc1C(=O)Nc1ccc2cc(-c3ccccc3C(F)F)n(C(=O)[O-])c2c1. The fourth-order valence-electron chi connectivity index (χ4n) is 3.28. The minimum Gasteiger partial charge on any atom is -0.529 e. The van der Waals surface area contributed by atoms with Gasteiger partial charge in [0.2, 0.25) is 5.82 Å². The predicted octanol–water partition coefficient (Wildman–Crippen LogP) is 2.82. The standard InChI is InChI=1S/C20H15F2N5O3/c1-26-18(23-10-24-26)19(28)25-12-7-6-11-8-16(27(20(29)30)15(11)9-12)13-4-2-3-5-14(13)17(21)22/h2-10,17H,1H3,(H,25,28)(H,29,30)/p-1. The Morgan fingerprint density at radius 1 is 1.13 bits per heavy atom. The van der Waals surface area contributed by atoms with Crippen LogP contribution in [0.25, 0.3) is 22.2 Å². The Morgan fingerprint density at radius 2 is 1.90 bits per heavy atom. The smallest absolute Gasteiger partial charge is 0.293 e. The molecule has 0 saturated heterocycles. The molecule has 2 aromatic carbocycles. The fraction of sp³-hybridized carbons (Fsp3) is 0.100. The van der Waals surface area contributed by atoms with E-state index >= 15 is 0 Å². The summed E-state index contributed by atoms with van der Waals surface area (Å²) in [6, 6.07) is 11.7. The molecule has 152 valence electrons. The lowest BCUT2D eigenvalue weighted by molar-refractivity contribution is -0.249. The monoisotopic (exact) mass is 410 g/mol. The van der Waals surface area contributed by atoms with Gasteiger partial charge in [-0.25, -0.2) is 18.4 Å². The van der Waals surface area contributed by atoms with Gasteiger partial charge in [0.05, 0.1) is 11.2 Å². The van der Waals surface area contributed by atoms with Gasteiger partial charge in [-0.05, 0) is 18.2 Å². The normalized spacial score (nSPS) is 11.2. The molecule has 0 unspecified atom stereocenters. The van der Waals surface area contributed by atoms with E-state index in [4.69, 9.17) is 0 Å². The lowest BCUT2D eigenvalue weighted by atomic mass is 10.0. The largest absolute Gasteiger partial charge is 0.529 e. The van der Waals surface area contributed by atoms with Gasteiger partial charge in [-0.2, -0.15) is 5.10 Å². The van der Waals surface area contributed by atoms with Crippen LogP contribution in [0.4, 0.5) is 19.3 Å². The van der Waals surface area contributed by atoms with Crippen molar-refractivity contribution in [2.45, 2.75) is 6.43 Å². The van der Waals surface area contributed by atoms with Crippen LogP contribution in [0.2, 0.25) is 0 Å².